The van der Waals surface area contributed by atoms with Crippen LogP contribution in [0.1, 0.15) is 76.7 Å². The van der Waals surface area contributed by atoms with Crippen LogP contribution in [0.5, 0.6) is 0 Å². The predicted molar refractivity (Wildman–Crippen MR) is 129 cm³/mol. The molecule has 0 spiro atoms. The minimum Gasteiger partial charge on any atom is -0.172 e. The van der Waals surface area contributed by atoms with Gasteiger partial charge in [-0.1, -0.05) is 76.3 Å². The highest BCUT2D eigenvalue weighted by Gasteiger charge is 2.15. The van der Waals surface area contributed by atoms with Crippen molar-refractivity contribution in [3.63, 3.8) is 0 Å². The summed E-state index contributed by atoms with van der Waals surface area (Å²) in [6.07, 6.45) is 15.0. The fourth-order valence-electron chi connectivity index (χ4n) is 3.53. The normalized spacial score (nSPS) is 11.5. The largest absolute Gasteiger partial charge is 0.172 e. The van der Waals surface area contributed by atoms with E-state index in [0.717, 1.165) is 27.5 Å². The number of fused-ring (bicyclic) bond motifs is 1. The first-order valence-electron chi connectivity index (χ1n) is 10.4. The zero-order chi connectivity index (χ0) is 19.8. The van der Waals surface area contributed by atoms with Gasteiger partial charge in [-0.2, -0.15) is 8.75 Å². The van der Waals surface area contributed by atoms with Crippen molar-refractivity contribution in [2.75, 3.05) is 0 Å². The van der Waals surface area contributed by atoms with Crippen LogP contribution in [0, 0.1) is 0 Å². The number of unbranched alkanes of at least 4 members (excludes halogenated alkanes) is 9. The summed E-state index contributed by atoms with van der Waals surface area (Å²) in [7, 11) is 0. The number of hydrogen-bond acceptors (Lipinski definition) is 4. The molecule has 0 N–H and O–H groups in total. The third-order valence-electron chi connectivity index (χ3n) is 5.17. The molecule has 0 aliphatic heterocycles. The Morgan fingerprint density at radius 3 is 2.25 bits per heavy atom. The lowest BCUT2D eigenvalue weighted by molar-refractivity contribution is 0.556. The van der Waals surface area contributed by atoms with Crippen LogP contribution >= 0.6 is 50.6 Å². The first-order valence-corrected chi connectivity index (χ1v) is 13.2. The number of aryl methyl sites for hydroxylation is 1. The highest BCUT2D eigenvalue weighted by Crippen LogP contribution is 2.39. The van der Waals surface area contributed by atoms with Crippen LogP contribution in [0.25, 0.3) is 21.5 Å². The third-order valence-corrected chi connectivity index (χ3v) is 8.04. The molecule has 0 saturated heterocycles. The average molecular weight is 500 g/mol. The number of thiophene rings is 1. The molecule has 6 heteroatoms. The summed E-state index contributed by atoms with van der Waals surface area (Å²) in [5.74, 6) is 0. The van der Waals surface area contributed by atoms with Gasteiger partial charge in [-0.3, -0.25) is 0 Å². The van der Waals surface area contributed by atoms with E-state index in [-0.39, 0.29) is 0 Å². The van der Waals surface area contributed by atoms with Gasteiger partial charge in [-0.05, 0) is 51.8 Å². The smallest absolute Gasteiger partial charge is 0.121 e. The second kappa shape index (κ2) is 11.6. The molecule has 0 unspecified atom stereocenters. The summed E-state index contributed by atoms with van der Waals surface area (Å²) >= 11 is 12.9. The summed E-state index contributed by atoms with van der Waals surface area (Å²) in [4.78, 5) is 1.23. The molecule has 3 aromatic rings. The summed E-state index contributed by atoms with van der Waals surface area (Å²) in [5, 5.41) is 2.98. The van der Waals surface area contributed by atoms with Gasteiger partial charge < -0.3 is 0 Å². The Kier molecular flexibility index (Phi) is 9.22. The van der Waals surface area contributed by atoms with Gasteiger partial charge in [0.05, 0.1) is 21.2 Å². The van der Waals surface area contributed by atoms with Gasteiger partial charge >= 0.3 is 0 Å². The monoisotopic (exact) mass is 498 g/mol. The van der Waals surface area contributed by atoms with Crippen molar-refractivity contribution < 1.29 is 0 Å². The first-order chi connectivity index (χ1) is 13.7. The maximum atomic E-state index is 6.38. The molecular weight excluding hydrogens is 472 g/mol. The SMILES string of the molecule is CCCCCCCCCCCCc1csc(-c2cc(Cl)c(Br)c3nsnc23)c1. The lowest BCUT2D eigenvalue weighted by atomic mass is 10.0. The van der Waals surface area contributed by atoms with Gasteiger partial charge in [-0.25, -0.2) is 0 Å². The molecule has 0 bridgehead atoms. The molecule has 3 rings (SSSR count). The summed E-state index contributed by atoms with van der Waals surface area (Å²) < 4.78 is 9.70. The van der Waals surface area contributed by atoms with Crippen LogP contribution in [0.15, 0.2) is 22.0 Å². The average Bonchev–Trinajstić information content (AvgIpc) is 3.36. The van der Waals surface area contributed by atoms with Crippen LogP contribution < -0.4 is 0 Å². The maximum Gasteiger partial charge on any atom is 0.121 e. The van der Waals surface area contributed by atoms with Crippen LogP contribution in [-0.4, -0.2) is 8.75 Å². The molecule has 2 aromatic heterocycles. The molecule has 0 fully saturated rings. The number of benzene rings is 1. The highest BCUT2D eigenvalue weighted by molar-refractivity contribution is 9.10. The zero-order valence-electron chi connectivity index (χ0n) is 16.5. The molecular formula is C22H28BrClN2S2. The standard InChI is InChI=1S/C22H28BrClN2S2/c1-2-3-4-5-6-7-8-9-10-11-12-16-13-19(27-15-16)17-14-18(24)20(23)22-21(17)25-28-26-22/h13-15H,2-12H2,1H3. The fourth-order valence-corrected chi connectivity index (χ4v) is 5.77. The molecule has 0 atom stereocenters. The minimum absolute atomic E-state index is 0.694. The Labute approximate surface area is 190 Å². The Morgan fingerprint density at radius 1 is 0.893 bits per heavy atom. The number of aromatic nitrogens is 2. The number of hydrogen-bond donors (Lipinski definition) is 0. The van der Waals surface area contributed by atoms with E-state index in [9.17, 15) is 0 Å². The first kappa shape index (κ1) is 22.2. The summed E-state index contributed by atoms with van der Waals surface area (Å²) in [5.41, 5.74) is 4.32. The summed E-state index contributed by atoms with van der Waals surface area (Å²) in [6, 6.07) is 4.31. The highest BCUT2D eigenvalue weighted by atomic mass is 79.9. The van der Waals surface area contributed by atoms with Crippen LogP contribution in [0.3, 0.4) is 0 Å². The Balaban J connectivity index is 1.44. The van der Waals surface area contributed by atoms with Gasteiger partial charge in [0, 0.05) is 10.4 Å². The number of halogens is 2. The molecule has 0 aliphatic rings. The van der Waals surface area contributed by atoms with Crippen molar-refractivity contribution >= 4 is 61.6 Å². The third kappa shape index (κ3) is 6.01. The van der Waals surface area contributed by atoms with Gasteiger partial charge in [0.15, 0.2) is 0 Å². The van der Waals surface area contributed by atoms with Crippen LogP contribution in [-0.2, 0) is 6.42 Å². The molecule has 0 aliphatic carbocycles. The Bertz CT molecular complexity index is 875. The summed E-state index contributed by atoms with van der Waals surface area (Å²) in [6.45, 7) is 2.28. The van der Waals surface area contributed by atoms with Crippen molar-refractivity contribution in [2.24, 2.45) is 0 Å². The van der Waals surface area contributed by atoms with Crippen LogP contribution in [0.2, 0.25) is 5.02 Å². The molecule has 0 saturated carbocycles. The predicted octanol–water partition coefficient (Wildman–Crippen LogP) is 9.30. The molecule has 0 amide bonds. The van der Waals surface area contributed by atoms with E-state index in [1.54, 1.807) is 11.3 Å². The van der Waals surface area contributed by atoms with E-state index >= 15 is 0 Å². The van der Waals surface area contributed by atoms with Gasteiger partial charge in [0.1, 0.15) is 11.0 Å². The van der Waals surface area contributed by atoms with E-state index in [4.69, 9.17) is 11.6 Å². The van der Waals surface area contributed by atoms with E-state index in [1.165, 1.54) is 86.4 Å². The lowest BCUT2D eigenvalue weighted by Crippen LogP contribution is -1.85. The lowest BCUT2D eigenvalue weighted by Gasteiger charge is -2.03. The zero-order valence-corrected chi connectivity index (χ0v) is 20.5. The minimum atomic E-state index is 0.694. The van der Waals surface area contributed by atoms with Crippen molar-refractivity contribution in [1.29, 1.82) is 0 Å². The molecule has 28 heavy (non-hydrogen) atoms. The number of rotatable bonds is 12. The maximum absolute atomic E-state index is 6.38. The second-order valence-electron chi connectivity index (χ2n) is 7.43. The molecule has 2 heterocycles. The van der Waals surface area contributed by atoms with Gasteiger partial charge in [0.2, 0.25) is 0 Å². The molecule has 2 nitrogen and oxygen atoms in total. The Morgan fingerprint density at radius 2 is 1.54 bits per heavy atom. The van der Waals surface area contributed by atoms with E-state index in [0.29, 0.717) is 5.02 Å². The molecule has 0 radical (unpaired) electrons. The van der Waals surface area contributed by atoms with Gasteiger partial charge in [-0.15, -0.1) is 11.3 Å². The quantitative estimate of drug-likeness (QED) is 0.232. The fraction of sp³-hybridized carbons (Fsp3) is 0.545. The topological polar surface area (TPSA) is 25.8 Å². The van der Waals surface area contributed by atoms with Crippen LogP contribution in [0.4, 0.5) is 0 Å². The van der Waals surface area contributed by atoms with E-state index in [1.807, 2.05) is 6.07 Å². The number of nitrogens with zero attached hydrogens (tertiary/aromatic N) is 2. The van der Waals surface area contributed by atoms with E-state index < -0.39 is 0 Å². The van der Waals surface area contributed by atoms with Gasteiger partial charge in [0.25, 0.3) is 0 Å². The molecule has 152 valence electrons. The van der Waals surface area contributed by atoms with Crippen molar-refractivity contribution in [1.82, 2.24) is 8.75 Å². The van der Waals surface area contributed by atoms with Crippen molar-refractivity contribution in [3.8, 4) is 10.4 Å². The Hall–Kier alpha value is -0.490. The molecule has 1 aromatic carbocycles. The van der Waals surface area contributed by atoms with Crippen molar-refractivity contribution in [2.45, 2.75) is 77.6 Å². The van der Waals surface area contributed by atoms with Crippen molar-refractivity contribution in [3.05, 3.63) is 32.6 Å². The second-order valence-corrected chi connectivity index (χ2v) is 10.1. The van der Waals surface area contributed by atoms with E-state index in [2.05, 4.69) is 43.0 Å².